The number of hydrogen-bond acceptors (Lipinski definition) is 6. The summed E-state index contributed by atoms with van der Waals surface area (Å²) < 4.78 is 8.60. The highest BCUT2D eigenvalue weighted by molar-refractivity contribution is 9.10. The number of carbonyl (C=O) groups is 1. The molecule has 0 bridgehead atoms. The van der Waals surface area contributed by atoms with Gasteiger partial charge in [0.2, 0.25) is 0 Å². The predicted molar refractivity (Wildman–Crippen MR) is 169 cm³/mol. The number of carbonyl (C=O) groups excluding carboxylic acids is 1. The van der Waals surface area contributed by atoms with E-state index in [2.05, 4.69) is 61.6 Å². The Bertz CT molecular complexity index is 1490. The molecule has 5 rings (SSSR count). The zero-order valence-electron chi connectivity index (χ0n) is 24.9. The summed E-state index contributed by atoms with van der Waals surface area (Å²) in [5.74, 6) is 0. The molecule has 1 aromatic carbocycles. The van der Waals surface area contributed by atoms with Crippen LogP contribution in [0.25, 0.3) is 11.6 Å². The standard InChI is InChI=1S/C32H39BrClN5O3/c1-31(2,3)42-30(41)39-12-10-38(11-13-39)29-24-8-7-23(34)17-25(24)26(16-21-15-22(33)18-36-28(21)29)32(4,9-6-14-40)27-19-35-20-37(27)5/h7-8,15-20,29,40H,6,9-14H2,1-5H3/t29-,32?/m0/s1. The topological polar surface area (TPSA) is 83.7 Å². The van der Waals surface area contributed by atoms with Crippen LogP contribution in [-0.2, 0) is 17.2 Å². The van der Waals surface area contributed by atoms with E-state index in [9.17, 15) is 9.90 Å². The molecule has 8 nitrogen and oxygen atoms in total. The summed E-state index contributed by atoms with van der Waals surface area (Å²) in [5.41, 5.74) is 5.29. The number of halogens is 2. The maximum absolute atomic E-state index is 12.8. The molecule has 3 aromatic rings. The Morgan fingerprint density at radius 3 is 2.52 bits per heavy atom. The quantitative estimate of drug-likeness (QED) is 0.328. The number of allylic oxidation sites excluding steroid dienone is 1. The average Bonchev–Trinajstić information content (AvgIpc) is 3.32. The van der Waals surface area contributed by atoms with Crippen LogP contribution in [0.1, 0.15) is 74.7 Å². The van der Waals surface area contributed by atoms with Crippen molar-refractivity contribution in [3.63, 3.8) is 0 Å². The summed E-state index contributed by atoms with van der Waals surface area (Å²) in [6.45, 7) is 10.4. The van der Waals surface area contributed by atoms with Crippen molar-refractivity contribution in [1.82, 2.24) is 24.3 Å². The highest BCUT2D eigenvalue weighted by Gasteiger charge is 2.40. The van der Waals surface area contributed by atoms with E-state index in [-0.39, 0.29) is 18.7 Å². The van der Waals surface area contributed by atoms with Gasteiger partial charge < -0.3 is 19.3 Å². The number of aliphatic hydroxyl groups excluding tert-OH is 1. The first-order chi connectivity index (χ1) is 19.9. The molecule has 2 aromatic heterocycles. The minimum absolute atomic E-state index is 0.0946. The molecule has 1 N–H and O–H groups in total. The zero-order valence-corrected chi connectivity index (χ0v) is 27.2. The molecule has 0 saturated carbocycles. The molecule has 2 aliphatic rings. The molecule has 224 valence electrons. The molecule has 10 heteroatoms. The second-order valence-corrected chi connectivity index (χ2v) is 13.7. The number of aryl methyl sites for hydroxylation is 1. The lowest BCUT2D eigenvalue weighted by molar-refractivity contribution is 0.0118. The van der Waals surface area contributed by atoms with Gasteiger partial charge in [-0.25, -0.2) is 9.78 Å². The number of aromatic nitrogens is 3. The monoisotopic (exact) mass is 655 g/mol. The van der Waals surface area contributed by atoms with E-state index in [1.54, 1.807) is 4.90 Å². The number of pyridine rings is 1. The molecule has 1 fully saturated rings. The number of rotatable bonds is 6. The van der Waals surface area contributed by atoms with Gasteiger partial charge in [-0.3, -0.25) is 9.88 Å². The SMILES string of the molecule is Cn1cncc1C(C)(CCCO)C1=Cc2cc(Br)cnc2[C@@H](N2CCN(C(=O)OC(C)(C)C)CC2)c2ccc(Cl)cc21. The van der Waals surface area contributed by atoms with Gasteiger partial charge in [0.1, 0.15) is 5.60 Å². The maximum atomic E-state index is 12.8. The van der Waals surface area contributed by atoms with Crippen molar-refractivity contribution in [2.45, 2.75) is 57.6 Å². The van der Waals surface area contributed by atoms with Crippen LogP contribution >= 0.6 is 27.5 Å². The maximum Gasteiger partial charge on any atom is 0.410 e. The highest BCUT2D eigenvalue weighted by atomic mass is 79.9. The van der Waals surface area contributed by atoms with Crippen LogP contribution in [0.4, 0.5) is 4.79 Å². The van der Waals surface area contributed by atoms with Gasteiger partial charge in [-0.1, -0.05) is 17.7 Å². The Labute approximate surface area is 261 Å². The molecule has 42 heavy (non-hydrogen) atoms. The lowest BCUT2D eigenvalue weighted by atomic mass is 9.71. The van der Waals surface area contributed by atoms with Crippen LogP contribution in [0.2, 0.25) is 5.02 Å². The van der Waals surface area contributed by atoms with Gasteiger partial charge in [0, 0.05) is 72.8 Å². The predicted octanol–water partition coefficient (Wildman–Crippen LogP) is 6.46. The summed E-state index contributed by atoms with van der Waals surface area (Å²) >= 11 is 10.4. The molecule has 1 unspecified atom stereocenters. The van der Waals surface area contributed by atoms with Gasteiger partial charge in [0.05, 0.1) is 18.1 Å². The van der Waals surface area contributed by atoms with Gasteiger partial charge in [-0.15, -0.1) is 0 Å². The second-order valence-electron chi connectivity index (χ2n) is 12.4. The molecule has 0 radical (unpaired) electrons. The van der Waals surface area contributed by atoms with E-state index in [0.29, 0.717) is 37.6 Å². The van der Waals surface area contributed by atoms with Crippen LogP contribution in [0.15, 0.2) is 47.5 Å². The summed E-state index contributed by atoms with van der Waals surface area (Å²) in [6.07, 6.45) is 8.90. The Balaban J connectivity index is 1.63. The molecule has 1 amide bonds. The molecule has 2 atom stereocenters. The number of hydrogen-bond donors (Lipinski definition) is 1. The summed E-state index contributed by atoms with van der Waals surface area (Å²) in [6, 6.07) is 8.09. The summed E-state index contributed by atoms with van der Waals surface area (Å²) in [7, 11) is 2.01. The molecule has 1 aliphatic heterocycles. The van der Waals surface area contributed by atoms with Gasteiger partial charge in [-0.05, 0) is 103 Å². The minimum Gasteiger partial charge on any atom is -0.444 e. The first-order valence-electron chi connectivity index (χ1n) is 14.4. The van der Waals surface area contributed by atoms with Crippen molar-refractivity contribution in [3.8, 4) is 0 Å². The van der Waals surface area contributed by atoms with E-state index >= 15 is 0 Å². The van der Waals surface area contributed by atoms with Crippen molar-refractivity contribution in [3.05, 3.63) is 80.6 Å². The fourth-order valence-corrected chi connectivity index (χ4v) is 6.75. The second kappa shape index (κ2) is 12.1. The number of fused-ring (bicyclic) bond motifs is 2. The molecule has 3 heterocycles. The van der Waals surface area contributed by atoms with Crippen LogP contribution in [0.3, 0.4) is 0 Å². The van der Waals surface area contributed by atoms with Crippen LogP contribution in [0.5, 0.6) is 0 Å². The zero-order chi connectivity index (χ0) is 30.2. The summed E-state index contributed by atoms with van der Waals surface area (Å²) in [4.78, 5) is 26.5. The van der Waals surface area contributed by atoms with E-state index in [0.717, 1.165) is 44.5 Å². The Morgan fingerprint density at radius 2 is 1.88 bits per heavy atom. The molecular weight excluding hydrogens is 618 g/mol. The van der Waals surface area contributed by atoms with Crippen LogP contribution in [-0.4, -0.2) is 73.9 Å². The molecule has 1 aliphatic carbocycles. The van der Waals surface area contributed by atoms with Crippen molar-refractivity contribution < 1.29 is 14.6 Å². The number of ether oxygens (including phenoxy) is 1. The number of aliphatic hydroxyl groups is 1. The molecule has 1 saturated heterocycles. The van der Waals surface area contributed by atoms with Gasteiger partial charge in [-0.2, -0.15) is 0 Å². The minimum atomic E-state index is -0.539. The normalized spacial score (nSPS) is 18.9. The third-order valence-electron chi connectivity index (χ3n) is 8.22. The fourth-order valence-electron chi connectivity index (χ4n) is 6.23. The third kappa shape index (κ3) is 6.16. The van der Waals surface area contributed by atoms with Crippen molar-refractivity contribution in [2.75, 3.05) is 32.8 Å². The van der Waals surface area contributed by atoms with Gasteiger partial charge in [0.25, 0.3) is 0 Å². The highest BCUT2D eigenvalue weighted by Crippen LogP contribution is 2.49. The largest absolute Gasteiger partial charge is 0.444 e. The number of piperazine rings is 1. The Hall–Kier alpha value is -2.72. The van der Waals surface area contributed by atoms with E-state index in [4.69, 9.17) is 21.3 Å². The Morgan fingerprint density at radius 1 is 1.14 bits per heavy atom. The fraction of sp³-hybridized carbons (Fsp3) is 0.469. The first-order valence-corrected chi connectivity index (χ1v) is 15.6. The first kappa shape index (κ1) is 30.7. The number of benzene rings is 1. The van der Waals surface area contributed by atoms with E-state index in [1.807, 2.05) is 52.6 Å². The van der Waals surface area contributed by atoms with Crippen molar-refractivity contribution >= 4 is 45.3 Å². The van der Waals surface area contributed by atoms with E-state index < -0.39 is 11.0 Å². The average molecular weight is 657 g/mol. The van der Waals surface area contributed by atoms with Crippen LogP contribution in [0, 0.1) is 0 Å². The molecular formula is C32H39BrClN5O3. The molecule has 0 spiro atoms. The Kier molecular flexibility index (Phi) is 8.86. The van der Waals surface area contributed by atoms with Crippen molar-refractivity contribution in [1.29, 1.82) is 0 Å². The third-order valence-corrected chi connectivity index (χ3v) is 8.89. The van der Waals surface area contributed by atoms with Crippen LogP contribution < -0.4 is 0 Å². The lowest BCUT2D eigenvalue weighted by Gasteiger charge is -2.40. The number of imidazole rings is 1. The van der Waals surface area contributed by atoms with Crippen molar-refractivity contribution in [2.24, 2.45) is 7.05 Å². The smallest absolute Gasteiger partial charge is 0.410 e. The van der Waals surface area contributed by atoms with Gasteiger partial charge >= 0.3 is 6.09 Å². The van der Waals surface area contributed by atoms with Gasteiger partial charge in [0.15, 0.2) is 0 Å². The number of nitrogens with zero attached hydrogens (tertiary/aromatic N) is 5. The van der Waals surface area contributed by atoms with E-state index in [1.165, 1.54) is 0 Å². The lowest BCUT2D eigenvalue weighted by Crippen LogP contribution is -2.51. The number of amides is 1. The summed E-state index contributed by atoms with van der Waals surface area (Å²) in [5, 5.41) is 10.6.